The number of rotatable bonds is 7. The molecule has 1 amide bonds. The smallest absolute Gasteiger partial charge is 0.295 e. The van der Waals surface area contributed by atoms with Gasteiger partial charge in [0.1, 0.15) is 11.5 Å². The summed E-state index contributed by atoms with van der Waals surface area (Å²) in [6.07, 6.45) is 3.76. The average molecular weight is 382 g/mol. The van der Waals surface area contributed by atoms with Crippen molar-refractivity contribution < 1.29 is 24.2 Å². The highest BCUT2D eigenvalue weighted by Gasteiger charge is 2.45. The van der Waals surface area contributed by atoms with E-state index >= 15 is 0 Å². The van der Waals surface area contributed by atoms with Crippen molar-refractivity contribution in [3.63, 3.8) is 0 Å². The molecule has 0 saturated carbocycles. The molecule has 2 aromatic rings. The van der Waals surface area contributed by atoms with E-state index < -0.39 is 17.7 Å². The third kappa shape index (κ3) is 3.75. The summed E-state index contributed by atoms with van der Waals surface area (Å²) < 4.78 is 10.3. The summed E-state index contributed by atoms with van der Waals surface area (Å²) in [5.74, 6) is -1.03. The number of hydrogen-bond acceptors (Lipinski definition) is 6. The molecular weight excluding hydrogens is 360 g/mol. The van der Waals surface area contributed by atoms with Crippen molar-refractivity contribution in [1.82, 2.24) is 9.88 Å². The monoisotopic (exact) mass is 382 g/mol. The third-order valence-corrected chi connectivity index (χ3v) is 4.65. The van der Waals surface area contributed by atoms with Crippen LogP contribution in [0.2, 0.25) is 0 Å². The van der Waals surface area contributed by atoms with Crippen molar-refractivity contribution in [2.45, 2.75) is 12.5 Å². The average Bonchev–Trinajstić information content (AvgIpc) is 2.99. The van der Waals surface area contributed by atoms with Crippen molar-refractivity contribution in [2.75, 3.05) is 27.4 Å². The van der Waals surface area contributed by atoms with Gasteiger partial charge in [0, 0.05) is 38.2 Å². The van der Waals surface area contributed by atoms with Crippen LogP contribution in [0.3, 0.4) is 0 Å². The maximum absolute atomic E-state index is 12.8. The fourth-order valence-corrected chi connectivity index (χ4v) is 3.31. The van der Waals surface area contributed by atoms with Gasteiger partial charge in [0.15, 0.2) is 0 Å². The third-order valence-electron chi connectivity index (χ3n) is 4.65. The fourth-order valence-electron chi connectivity index (χ4n) is 3.31. The van der Waals surface area contributed by atoms with Gasteiger partial charge in [-0.25, -0.2) is 0 Å². The Morgan fingerprint density at radius 1 is 1.18 bits per heavy atom. The number of aromatic nitrogens is 1. The Hall–Kier alpha value is -3.19. The van der Waals surface area contributed by atoms with Crippen molar-refractivity contribution in [3.05, 3.63) is 65.5 Å². The highest BCUT2D eigenvalue weighted by atomic mass is 16.5. The van der Waals surface area contributed by atoms with Crippen LogP contribution in [0.4, 0.5) is 0 Å². The minimum Gasteiger partial charge on any atom is -0.507 e. The Labute approximate surface area is 163 Å². The lowest BCUT2D eigenvalue weighted by Gasteiger charge is -2.25. The summed E-state index contributed by atoms with van der Waals surface area (Å²) in [4.78, 5) is 31.0. The van der Waals surface area contributed by atoms with Gasteiger partial charge < -0.3 is 19.5 Å². The molecule has 1 fully saturated rings. The van der Waals surface area contributed by atoms with Gasteiger partial charge in [0.05, 0.1) is 18.7 Å². The number of carbonyl (C=O) groups excluding carboxylic acids is 2. The maximum Gasteiger partial charge on any atom is 0.295 e. The number of hydrogen-bond donors (Lipinski definition) is 1. The van der Waals surface area contributed by atoms with Crippen LogP contribution in [0.15, 0.2) is 54.4 Å². The fraction of sp³-hybridized carbons (Fsp3) is 0.286. The van der Waals surface area contributed by atoms with Gasteiger partial charge in [0.2, 0.25) is 0 Å². The van der Waals surface area contributed by atoms with Crippen molar-refractivity contribution in [1.29, 1.82) is 0 Å². The summed E-state index contributed by atoms with van der Waals surface area (Å²) in [6.45, 7) is 0.794. The van der Waals surface area contributed by atoms with Crippen LogP contribution in [0.25, 0.3) is 5.76 Å². The number of likely N-dealkylation sites (tertiary alicyclic amines) is 1. The summed E-state index contributed by atoms with van der Waals surface area (Å²) in [7, 11) is 3.10. The van der Waals surface area contributed by atoms with Crippen molar-refractivity contribution in [3.8, 4) is 5.75 Å². The summed E-state index contributed by atoms with van der Waals surface area (Å²) in [6, 6.07) is 9.52. The number of carbonyl (C=O) groups is 2. The molecule has 1 aromatic carbocycles. The van der Waals surface area contributed by atoms with E-state index in [9.17, 15) is 14.7 Å². The number of Topliss-reactive ketones (excluding diaryl/α,β-unsaturated/α-hetero) is 1. The molecule has 7 heteroatoms. The molecule has 2 heterocycles. The van der Waals surface area contributed by atoms with Gasteiger partial charge in [-0.15, -0.1) is 0 Å². The predicted octanol–water partition coefficient (Wildman–Crippen LogP) is 2.55. The zero-order valence-electron chi connectivity index (χ0n) is 15.8. The number of amides is 1. The molecule has 0 aliphatic carbocycles. The molecule has 0 radical (unpaired) electrons. The zero-order valence-corrected chi connectivity index (χ0v) is 15.8. The second-order valence-corrected chi connectivity index (χ2v) is 6.35. The molecule has 146 valence electrons. The van der Waals surface area contributed by atoms with E-state index in [1.165, 1.54) is 12.0 Å². The van der Waals surface area contributed by atoms with Crippen LogP contribution in [0.5, 0.6) is 5.75 Å². The summed E-state index contributed by atoms with van der Waals surface area (Å²) in [5.41, 5.74) is 1.17. The number of aliphatic hydroxyl groups excluding tert-OH is 1. The Balaban J connectivity index is 2.10. The van der Waals surface area contributed by atoms with Crippen LogP contribution in [0.1, 0.15) is 23.6 Å². The van der Waals surface area contributed by atoms with Gasteiger partial charge in [-0.3, -0.25) is 14.6 Å². The largest absolute Gasteiger partial charge is 0.507 e. The number of benzene rings is 1. The number of ether oxygens (including phenoxy) is 2. The zero-order chi connectivity index (χ0) is 20.1. The number of aliphatic hydroxyl groups is 1. The minimum absolute atomic E-state index is 0.0573. The van der Waals surface area contributed by atoms with Gasteiger partial charge in [-0.2, -0.15) is 0 Å². The molecule has 1 aliphatic heterocycles. The Morgan fingerprint density at radius 2 is 1.93 bits per heavy atom. The van der Waals surface area contributed by atoms with Gasteiger partial charge in [-0.05, 0) is 36.2 Å². The van der Waals surface area contributed by atoms with Crippen LogP contribution in [-0.4, -0.2) is 54.1 Å². The number of ketones is 1. The molecule has 1 saturated heterocycles. The quantitative estimate of drug-likeness (QED) is 0.343. The van der Waals surface area contributed by atoms with E-state index in [4.69, 9.17) is 9.47 Å². The lowest BCUT2D eigenvalue weighted by atomic mass is 9.96. The molecule has 1 aliphatic rings. The predicted molar refractivity (Wildman–Crippen MR) is 103 cm³/mol. The summed E-state index contributed by atoms with van der Waals surface area (Å²) >= 11 is 0. The van der Waals surface area contributed by atoms with Gasteiger partial charge in [-0.1, -0.05) is 12.1 Å². The Bertz CT molecular complexity index is 895. The number of pyridine rings is 1. The van der Waals surface area contributed by atoms with Crippen LogP contribution < -0.4 is 4.74 Å². The second-order valence-electron chi connectivity index (χ2n) is 6.35. The minimum atomic E-state index is -0.709. The highest BCUT2D eigenvalue weighted by molar-refractivity contribution is 6.46. The van der Waals surface area contributed by atoms with Crippen molar-refractivity contribution in [2.24, 2.45) is 0 Å². The number of nitrogens with zero attached hydrogens (tertiary/aromatic N) is 2. The summed E-state index contributed by atoms with van der Waals surface area (Å²) in [5, 5.41) is 10.9. The van der Waals surface area contributed by atoms with E-state index in [2.05, 4.69) is 4.98 Å². The van der Waals surface area contributed by atoms with Gasteiger partial charge >= 0.3 is 0 Å². The molecule has 0 spiro atoms. The first-order chi connectivity index (χ1) is 13.6. The first-order valence-electron chi connectivity index (χ1n) is 8.90. The maximum atomic E-state index is 12.8. The van der Waals surface area contributed by atoms with E-state index in [0.717, 1.165) is 0 Å². The number of methoxy groups -OCH3 is 2. The van der Waals surface area contributed by atoms with E-state index in [-0.39, 0.29) is 11.3 Å². The van der Waals surface area contributed by atoms with Crippen LogP contribution in [0, 0.1) is 0 Å². The Morgan fingerprint density at radius 3 is 2.61 bits per heavy atom. The lowest BCUT2D eigenvalue weighted by molar-refractivity contribution is -0.140. The van der Waals surface area contributed by atoms with Crippen LogP contribution >= 0.6 is 0 Å². The SMILES string of the molecule is COCCCN1C(=O)C(=O)/C(=C(\O)c2cccc(OC)c2)C1c1ccncc1. The molecule has 0 bridgehead atoms. The molecule has 1 aromatic heterocycles. The second kappa shape index (κ2) is 8.67. The molecule has 1 N–H and O–H groups in total. The Kier molecular flexibility index (Phi) is 6.06. The molecule has 28 heavy (non-hydrogen) atoms. The highest BCUT2D eigenvalue weighted by Crippen LogP contribution is 2.39. The molecule has 1 atom stereocenters. The van der Waals surface area contributed by atoms with Crippen LogP contribution in [-0.2, 0) is 14.3 Å². The first kappa shape index (κ1) is 19.6. The normalized spacial score (nSPS) is 18.5. The molecule has 1 unspecified atom stereocenters. The standard InChI is InChI=1S/C21H22N2O5/c1-27-12-4-11-23-18(14-7-9-22-10-8-14)17(20(25)21(23)26)19(24)15-5-3-6-16(13-15)28-2/h3,5-10,13,18,24H,4,11-12H2,1-2H3/b19-17-. The van der Waals surface area contributed by atoms with E-state index in [0.29, 0.717) is 36.4 Å². The molecule has 3 rings (SSSR count). The van der Waals surface area contributed by atoms with E-state index in [1.807, 2.05) is 0 Å². The van der Waals surface area contributed by atoms with Crippen molar-refractivity contribution >= 4 is 17.4 Å². The topological polar surface area (TPSA) is 89.0 Å². The van der Waals surface area contributed by atoms with E-state index in [1.54, 1.807) is 55.9 Å². The molecule has 7 nitrogen and oxygen atoms in total. The van der Waals surface area contributed by atoms with Gasteiger partial charge in [0.25, 0.3) is 11.7 Å². The lowest BCUT2D eigenvalue weighted by Crippen LogP contribution is -2.31. The molecular formula is C21H22N2O5. The first-order valence-corrected chi connectivity index (χ1v) is 8.90.